The molecule has 1 aromatic heterocycles. The van der Waals surface area contributed by atoms with Gasteiger partial charge in [0, 0.05) is 22.7 Å². The number of nitrogens with zero attached hydrogens (tertiary/aromatic N) is 2. The number of fused-ring (bicyclic) bond motifs is 1. The fourth-order valence-electron chi connectivity index (χ4n) is 6.70. The summed E-state index contributed by atoms with van der Waals surface area (Å²) >= 11 is 0. The molecule has 1 heterocycles. The van der Waals surface area contributed by atoms with Crippen molar-refractivity contribution in [1.82, 2.24) is 15.1 Å². The molecule has 0 aliphatic heterocycles. The average molecular weight is 428 g/mol. The van der Waals surface area contributed by atoms with Crippen molar-refractivity contribution in [1.29, 1.82) is 0 Å². The predicted octanol–water partition coefficient (Wildman–Crippen LogP) is 4.51. The number of nitrogens with one attached hydrogen (secondary N) is 1. The van der Waals surface area contributed by atoms with E-state index in [1.807, 2.05) is 6.92 Å². The van der Waals surface area contributed by atoms with Gasteiger partial charge >= 0.3 is 5.97 Å². The van der Waals surface area contributed by atoms with Crippen molar-refractivity contribution < 1.29 is 14.3 Å². The van der Waals surface area contributed by atoms with Gasteiger partial charge in [-0.15, -0.1) is 0 Å². The lowest BCUT2D eigenvalue weighted by Crippen LogP contribution is -2.38. The van der Waals surface area contributed by atoms with E-state index in [1.165, 1.54) is 49.8 Å². The zero-order chi connectivity index (χ0) is 21.4. The molecule has 1 amide bonds. The molecule has 170 valence electrons. The van der Waals surface area contributed by atoms with E-state index in [1.54, 1.807) is 0 Å². The molecule has 6 nitrogen and oxygen atoms in total. The molecule has 0 radical (unpaired) electrons. The molecule has 3 atom stereocenters. The average Bonchev–Trinajstić information content (AvgIpc) is 3.30. The summed E-state index contributed by atoms with van der Waals surface area (Å²) in [7, 11) is 0. The molecule has 0 aromatic carbocycles. The number of ether oxygens (including phenoxy) is 1. The maximum Gasteiger partial charge on any atom is 0.309 e. The smallest absolute Gasteiger partial charge is 0.309 e. The Morgan fingerprint density at radius 2 is 1.84 bits per heavy atom. The molecule has 2 unspecified atom stereocenters. The fraction of sp³-hybridized carbons (Fsp3) is 0.800. The van der Waals surface area contributed by atoms with Crippen molar-refractivity contribution in [2.75, 3.05) is 6.61 Å². The van der Waals surface area contributed by atoms with Gasteiger partial charge in [0.1, 0.15) is 0 Å². The molecular formula is C25H37N3O3. The van der Waals surface area contributed by atoms with Gasteiger partial charge in [-0.25, -0.2) is 0 Å². The summed E-state index contributed by atoms with van der Waals surface area (Å²) in [6, 6.07) is 0.537. The summed E-state index contributed by atoms with van der Waals surface area (Å²) in [6.07, 6.45) is 15.6. The zero-order valence-corrected chi connectivity index (χ0v) is 19.0. The number of hydrogen-bond donors (Lipinski definition) is 1. The predicted molar refractivity (Wildman–Crippen MR) is 118 cm³/mol. The van der Waals surface area contributed by atoms with Crippen LogP contribution in [0.4, 0.5) is 0 Å². The Morgan fingerprint density at radius 3 is 2.65 bits per heavy atom. The Bertz CT molecular complexity index is 841. The summed E-state index contributed by atoms with van der Waals surface area (Å²) in [6.45, 7) is 2.29. The third-order valence-electron chi connectivity index (χ3n) is 8.42. The van der Waals surface area contributed by atoms with Crippen molar-refractivity contribution >= 4 is 11.9 Å². The Kier molecular flexibility index (Phi) is 5.82. The monoisotopic (exact) mass is 427 g/mol. The van der Waals surface area contributed by atoms with Crippen LogP contribution in [0.2, 0.25) is 0 Å². The van der Waals surface area contributed by atoms with Crippen LogP contribution < -0.4 is 5.32 Å². The highest BCUT2D eigenvalue weighted by Gasteiger charge is 2.62. The third kappa shape index (κ3) is 3.80. The number of carbonyl (C=O) groups excluding carboxylic acids is 2. The quantitative estimate of drug-likeness (QED) is 0.702. The van der Waals surface area contributed by atoms with Gasteiger partial charge in [0.15, 0.2) is 5.69 Å². The van der Waals surface area contributed by atoms with E-state index in [9.17, 15) is 9.59 Å². The number of amides is 1. The van der Waals surface area contributed by atoms with E-state index in [0.29, 0.717) is 18.3 Å². The van der Waals surface area contributed by atoms with Crippen molar-refractivity contribution in [2.24, 2.45) is 11.3 Å². The zero-order valence-electron chi connectivity index (χ0n) is 19.0. The first-order valence-electron chi connectivity index (χ1n) is 12.7. The standard InChI is InChI=1S/C25H37N3O3/c1-2-31-24(30)19-13-8-9-15-25(19)16-21(25)26-23(29)22-18-12-6-7-14-20(18)28(27-22)17-10-4-3-5-11-17/h17,19,21H,2-16H2,1H3,(H,26,29)/t19-,21?,25?/m0/s1. The molecule has 3 fully saturated rings. The third-order valence-corrected chi connectivity index (χ3v) is 8.42. The molecule has 0 saturated heterocycles. The molecule has 4 aliphatic carbocycles. The topological polar surface area (TPSA) is 73.2 Å². The Labute approximate surface area is 185 Å². The van der Waals surface area contributed by atoms with Crippen LogP contribution in [0.3, 0.4) is 0 Å². The first kappa shape index (κ1) is 21.0. The van der Waals surface area contributed by atoms with E-state index in [4.69, 9.17) is 9.84 Å². The van der Waals surface area contributed by atoms with Gasteiger partial charge in [-0.3, -0.25) is 14.3 Å². The van der Waals surface area contributed by atoms with E-state index in [-0.39, 0.29) is 29.3 Å². The Balaban J connectivity index is 1.34. The van der Waals surface area contributed by atoms with Crippen LogP contribution in [-0.2, 0) is 22.4 Å². The van der Waals surface area contributed by atoms with Gasteiger partial charge in [0.2, 0.25) is 0 Å². The van der Waals surface area contributed by atoms with E-state index in [0.717, 1.165) is 51.4 Å². The summed E-state index contributed by atoms with van der Waals surface area (Å²) in [5, 5.41) is 8.23. The van der Waals surface area contributed by atoms with Gasteiger partial charge in [0.05, 0.1) is 18.6 Å². The van der Waals surface area contributed by atoms with E-state index < -0.39 is 0 Å². The van der Waals surface area contributed by atoms with Gasteiger partial charge in [-0.2, -0.15) is 5.10 Å². The molecule has 31 heavy (non-hydrogen) atoms. The van der Waals surface area contributed by atoms with Crippen molar-refractivity contribution in [2.45, 2.75) is 109 Å². The summed E-state index contributed by atoms with van der Waals surface area (Å²) in [4.78, 5) is 26.0. The number of carbonyl (C=O) groups is 2. The number of rotatable bonds is 5. The highest BCUT2D eigenvalue weighted by atomic mass is 16.5. The highest BCUT2D eigenvalue weighted by Crippen LogP contribution is 2.60. The molecule has 5 rings (SSSR count). The Hall–Kier alpha value is -1.85. The molecule has 4 aliphatic rings. The van der Waals surface area contributed by atoms with Gasteiger partial charge in [-0.05, 0) is 64.7 Å². The minimum atomic E-state index is -0.0911. The second kappa shape index (κ2) is 8.59. The van der Waals surface area contributed by atoms with Gasteiger partial charge in [0.25, 0.3) is 5.91 Å². The van der Waals surface area contributed by atoms with Crippen LogP contribution in [0, 0.1) is 11.3 Å². The van der Waals surface area contributed by atoms with Crippen LogP contribution in [-0.4, -0.2) is 34.3 Å². The molecule has 3 saturated carbocycles. The molecule has 0 bridgehead atoms. The first-order chi connectivity index (χ1) is 15.1. The molecule has 1 N–H and O–H groups in total. The normalized spacial score (nSPS) is 30.6. The summed E-state index contributed by atoms with van der Waals surface area (Å²) in [5.74, 6) is -0.166. The highest BCUT2D eigenvalue weighted by molar-refractivity contribution is 5.94. The van der Waals surface area contributed by atoms with Crippen molar-refractivity contribution in [3.05, 3.63) is 17.0 Å². The SMILES string of the molecule is CCOC(=O)[C@@H]1CCCCC12CC2NC(=O)c1nn(C2CCCCC2)c2c1CCCC2. The lowest BCUT2D eigenvalue weighted by atomic mass is 9.75. The van der Waals surface area contributed by atoms with Crippen LogP contribution in [0.15, 0.2) is 0 Å². The number of hydrogen-bond acceptors (Lipinski definition) is 4. The van der Waals surface area contributed by atoms with Gasteiger partial charge in [-0.1, -0.05) is 32.1 Å². The largest absolute Gasteiger partial charge is 0.466 e. The summed E-state index contributed by atoms with van der Waals surface area (Å²) in [5.41, 5.74) is 3.07. The first-order valence-corrected chi connectivity index (χ1v) is 12.7. The molecule has 1 aromatic rings. The molecular weight excluding hydrogens is 390 g/mol. The van der Waals surface area contributed by atoms with E-state index in [2.05, 4.69) is 10.00 Å². The van der Waals surface area contributed by atoms with Crippen LogP contribution in [0.5, 0.6) is 0 Å². The minimum absolute atomic E-state index is 0.0252. The number of esters is 1. The minimum Gasteiger partial charge on any atom is -0.466 e. The van der Waals surface area contributed by atoms with Gasteiger partial charge < -0.3 is 10.1 Å². The summed E-state index contributed by atoms with van der Waals surface area (Å²) < 4.78 is 7.60. The second-order valence-electron chi connectivity index (χ2n) is 10.2. The lowest BCUT2D eigenvalue weighted by molar-refractivity contribution is -0.152. The molecule has 6 heteroatoms. The van der Waals surface area contributed by atoms with E-state index >= 15 is 0 Å². The maximum atomic E-state index is 13.4. The number of aromatic nitrogens is 2. The fourth-order valence-corrected chi connectivity index (χ4v) is 6.70. The van der Waals surface area contributed by atoms with Crippen LogP contribution in [0.1, 0.15) is 112 Å². The Morgan fingerprint density at radius 1 is 1.06 bits per heavy atom. The van der Waals surface area contributed by atoms with Crippen molar-refractivity contribution in [3.63, 3.8) is 0 Å². The lowest BCUT2D eigenvalue weighted by Gasteiger charge is -2.31. The second-order valence-corrected chi connectivity index (χ2v) is 10.2. The van der Waals surface area contributed by atoms with Crippen LogP contribution >= 0.6 is 0 Å². The van der Waals surface area contributed by atoms with Crippen LogP contribution in [0.25, 0.3) is 0 Å². The van der Waals surface area contributed by atoms with Crippen molar-refractivity contribution in [3.8, 4) is 0 Å². The maximum absolute atomic E-state index is 13.4. The molecule has 1 spiro atoms.